The zero-order valence-corrected chi connectivity index (χ0v) is 8.96. The third kappa shape index (κ3) is 2.85. The summed E-state index contributed by atoms with van der Waals surface area (Å²) in [6, 6.07) is 1.56. The van der Waals surface area contributed by atoms with Crippen LogP contribution in [0.3, 0.4) is 0 Å². The minimum absolute atomic E-state index is 0.0740. The first-order valence-electron chi connectivity index (χ1n) is 3.88. The van der Waals surface area contributed by atoms with Gasteiger partial charge in [-0.05, 0) is 0 Å². The maximum atomic E-state index is 13.0. The third-order valence-electron chi connectivity index (χ3n) is 1.52. The van der Waals surface area contributed by atoms with Gasteiger partial charge < -0.3 is 4.74 Å². The van der Waals surface area contributed by atoms with Crippen LogP contribution in [-0.2, 0) is 0 Å². The molecule has 0 spiro atoms. The van der Waals surface area contributed by atoms with Gasteiger partial charge in [0.15, 0.2) is 0 Å². The van der Waals surface area contributed by atoms with Crippen LogP contribution in [0, 0.1) is 21.7 Å². The van der Waals surface area contributed by atoms with Gasteiger partial charge in [-0.2, -0.15) is 8.78 Å². The molecule has 7 heteroatoms. The lowest BCUT2D eigenvalue weighted by molar-refractivity contribution is -0.390. The van der Waals surface area contributed by atoms with E-state index in [2.05, 4.69) is 15.9 Å². The fraction of sp³-hybridized carbons (Fsp3) is 0.250. The molecule has 0 saturated carbocycles. The van der Waals surface area contributed by atoms with Crippen molar-refractivity contribution in [3.63, 3.8) is 0 Å². The number of hydrogen-bond donors (Lipinski definition) is 0. The molecule has 1 rings (SSSR count). The van der Waals surface area contributed by atoms with E-state index in [0.717, 1.165) is 12.1 Å². The minimum atomic E-state index is -1.25. The third-order valence-corrected chi connectivity index (χ3v) is 1.84. The fourth-order valence-corrected chi connectivity index (χ4v) is 1.12. The number of ether oxygens (including phenoxy) is 1. The Kier molecular flexibility index (Phi) is 3.96. The Hall–Kier alpha value is -1.24. The molecule has 0 aromatic heterocycles. The van der Waals surface area contributed by atoms with E-state index in [9.17, 15) is 18.9 Å². The van der Waals surface area contributed by atoms with E-state index in [4.69, 9.17) is 4.74 Å². The highest BCUT2D eigenvalue weighted by Gasteiger charge is 2.22. The van der Waals surface area contributed by atoms with Gasteiger partial charge in [-0.25, -0.2) is 0 Å². The number of rotatable bonds is 4. The average molecular weight is 282 g/mol. The van der Waals surface area contributed by atoms with Gasteiger partial charge in [0.05, 0.1) is 11.5 Å². The van der Waals surface area contributed by atoms with Crippen LogP contribution in [0.1, 0.15) is 0 Å². The Balaban J connectivity index is 3.03. The van der Waals surface area contributed by atoms with E-state index in [1.165, 1.54) is 0 Å². The van der Waals surface area contributed by atoms with Crippen LogP contribution in [0.15, 0.2) is 12.1 Å². The molecule has 0 aliphatic heterocycles. The number of halogens is 3. The van der Waals surface area contributed by atoms with Gasteiger partial charge in [-0.15, -0.1) is 0 Å². The van der Waals surface area contributed by atoms with E-state index in [0.29, 0.717) is 5.33 Å². The van der Waals surface area contributed by atoms with Crippen molar-refractivity contribution in [1.29, 1.82) is 0 Å². The number of benzene rings is 1. The maximum Gasteiger partial charge on any atom is 0.340 e. The predicted octanol–water partition coefficient (Wildman–Crippen LogP) is 2.65. The number of nitro groups is 1. The van der Waals surface area contributed by atoms with Crippen molar-refractivity contribution < 1.29 is 18.4 Å². The molecule has 4 nitrogen and oxygen atoms in total. The zero-order valence-electron chi connectivity index (χ0n) is 7.37. The number of nitro benzene ring substituents is 1. The van der Waals surface area contributed by atoms with Crippen molar-refractivity contribution in [2.24, 2.45) is 0 Å². The van der Waals surface area contributed by atoms with Gasteiger partial charge in [-0.1, -0.05) is 15.9 Å². The van der Waals surface area contributed by atoms with Gasteiger partial charge in [0.2, 0.25) is 11.6 Å². The van der Waals surface area contributed by atoms with Crippen molar-refractivity contribution in [1.82, 2.24) is 0 Å². The molecule has 0 atom stereocenters. The summed E-state index contributed by atoms with van der Waals surface area (Å²) in [5.41, 5.74) is -1.17. The van der Waals surface area contributed by atoms with Crippen molar-refractivity contribution in [2.75, 3.05) is 11.9 Å². The molecule has 0 aliphatic rings. The van der Waals surface area contributed by atoms with E-state index in [1.54, 1.807) is 0 Å². The Morgan fingerprint density at radius 1 is 1.40 bits per heavy atom. The highest BCUT2D eigenvalue weighted by molar-refractivity contribution is 9.09. The topological polar surface area (TPSA) is 52.4 Å². The second kappa shape index (κ2) is 5.01. The first-order chi connectivity index (χ1) is 7.06. The van der Waals surface area contributed by atoms with Crippen LogP contribution < -0.4 is 4.74 Å². The summed E-state index contributed by atoms with van der Waals surface area (Å²) in [5.74, 6) is -2.57. The Labute approximate surface area is 92.1 Å². The molecule has 0 heterocycles. The van der Waals surface area contributed by atoms with Crippen molar-refractivity contribution in [3.05, 3.63) is 33.9 Å². The summed E-state index contributed by atoms with van der Waals surface area (Å²) >= 11 is 3.06. The summed E-state index contributed by atoms with van der Waals surface area (Å²) in [6.45, 7) is 0.219. The largest absolute Gasteiger partial charge is 0.492 e. The second-order valence-corrected chi connectivity index (χ2v) is 3.32. The first-order valence-corrected chi connectivity index (χ1v) is 5.00. The molecule has 1 aromatic rings. The Morgan fingerprint density at radius 2 is 1.93 bits per heavy atom. The van der Waals surface area contributed by atoms with Crippen LogP contribution in [0.4, 0.5) is 14.5 Å². The van der Waals surface area contributed by atoms with Gasteiger partial charge in [0.25, 0.3) is 0 Å². The van der Waals surface area contributed by atoms with Crippen molar-refractivity contribution >= 4 is 21.6 Å². The molecule has 0 unspecified atom stereocenters. The van der Waals surface area contributed by atoms with Crippen LogP contribution in [0.25, 0.3) is 0 Å². The molecule has 15 heavy (non-hydrogen) atoms. The fourth-order valence-electron chi connectivity index (χ4n) is 0.956. The van der Waals surface area contributed by atoms with E-state index in [1.807, 2.05) is 0 Å². The van der Waals surface area contributed by atoms with Gasteiger partial charge in [-0.3, -0.25) is 10.1 Å². The molecular formula is C8H6BrF2NO3. The second-order valence-electron chi connectivity index (χ2n) is 2.53. The standard InChI is InChI=1S/C8H6BrF2NO3/c9-1-2-15-5-3-6(10)8(12(13)14)7(11)4-5/h3-4H,1-2H2. The van der Waals surface area contributed by atoms with Crippen LogP contribution >= 0.6 is 15.9 Å². The molecule has 0 amide bonds. The summed E-state index contributed by atoms with van der Waals surface area (Å²) in [4.78, 5) is 9.13. The summed E-state index contributed by atoms with van der Waals surface area (Å²) in [6.07, 6.45) is 0. The van der Waals surface area contributed by atoms with Crippen molar-refractivity contribution in [2.45, 2.75) is 0 Å². The predicted molar refractivity (Wildman–Crippen MR) is 52.3 cm³/mol. The maximum absolute atomic E-state index is 13.0. The summed E-state index contributed by atoms with van der Waals surface area (Å²) in [5, 5.41) is 10.7. The van der Waals surface area contributed by atoms with Crippen LogP contribution in [-0.4, -0.2) is 16.9 Å². The smallest absolute Gasteiger partial charge is 0.340 e. The minimum Gasteiger partial charge on any atom is -0.492 e. The molecule has 0 bridgehead atoms. The van der Waals surface area contributed by atoms with Crippen LogP contribution in [0.5, 0.6) is 5.75 Å². The number of hydrogen-bond acceptors (Lipinski definition) is 3. The lowest BCUT2D eigenvalue weighted by Crippen LogP contribution is -2.01. The van der Waals surface area contributed by atoms with Gasteiger partial charge in [0, 0.05) is 17.5 Å². The molecule has 0 radical (unpaired) electrons. The normalized spacial score (nSPS) is 10.1. The Morgan fingerprint density at radius 3 is 2.33 bits per heavy atom. The van der Waals surface area contributed by atoms with Gasteiger partial charge in [0.1, 0.15) is 5.75 Å². The molecule has 0 aliphatic carbocycles. The van der Waals surface area contributed by atoms with Crippen LogP contribution in [0.2, 0.25) is 0 Å². The first kappa shape index (κ1) is 11.8. The quantitative estimate of drug-likeness (QED) is 0.484. The highest BCUT2D eigenvalue weighted by atomic mass is 79.9. The van der Waals surface area contributed by atoms with E-state index < -0.39 is 22.2 Å². The summed E-state index contributed by atoms with van der Waals surface area (Å²) in [7, 11) is 0. The molecule has 0 N–H and O–H groups in total. The number of nitrogens with zero attached hydrogens (tertiary/aromatic N) is 1. The number of alkyl halides is 1. The molecule has 0 fully saturated rings. The lowest BCUT2D eigenvalue weighted by atomic mass is 10.3. The zero-order chi connectivity index (χ0) is 11.4. The molecule has 0 saturated heterocycles. The monoisotopic (exact) mass is 281 g/mol. The van der Waals surface area contributed by atoms with E-state index >= 15 is 0 Å². The van der Waals surface area contributed by atoms with Crippen molar-refractivity contribution in [3.8, 4) is 5.75 Å². The lowest BCUT2D eigenvalue weighted by Gasteiger charge is -2.04. The molecule has 82 valence electrons. The average Bonchev–Trinajstić information content (AvgIpc) is 2.12. The molecule has 1 aromatic carbocycles. The van der Waals surface area contributed by atoms with E-state index in [-0.39, 0.29) is 12.4 Å². The summed E-state index contributed by atoms with van der Waals surface area (Å²) < 4.78 is 30.9. The highest BCUT2D eigenvalue weighted by Crippen LogP contribution is 2.26. The van der Waals surface area contributed by atoms with Gasteiger partial charge >= 0.3 is 5.69 Å². The SMILES string of the molecule is O=[N+]([O-])c1c(F)cc(OCCBr)cc1F. The molecular weight excluding hydrogens is 276 g/mol. The Bertz CT molecular complexity index is 363.